The molecule has 0 spiro atoms. The zero-order chi connectivity index (χ0) is 23.3. The molecule has 1 aliphatic rings. The van der Waals surface area contributed by atoms with Crippen LogP contribution in [0.3, 0.4) is 0 Å². The van der Waals surface area contributed by atoms with E-state index in [4.69, 9.17) is 12.2 Å². The maximum absolute atomic E-state index is 10.5. The topological polar surface area (TPSA) is 48.4 Å². The number of hydrogen-bond acceptors (Lipinski definition) is 3. The van der Waals surface area contributed by atoms with Crippen molar-refractivity contribution in [3.05, 3.63) is 66.0 Å². The maximum Gasteiger partial charge on any atom is 0.193 e. The summed E-state index contributed by atoms with van der Waals surface area (Å²) in [5, 5.41) is 15.6. The highest BCUT2D eigenvalue weighted by atomic mass is 32.1. The number of nitrogens with zero attached hydrogens (tertiary/aromatic N) is 2. The second-order valence-electron chi connectivity index (χ2n) is 9.57. The molecule has 33 heavy (non-hydrogen) atoms. The van der Waals surface area contributed by atoms with Gasteiger partial charge in [-0.05, 0) is 62.0 Å². The summed E-state index contributed by atoms with van der Waals surface area (Å²) in [5.41, 5.74) is 2.68. The lowest BCUT2D eigenvalue weighted by atomic mass is 9.87. The zero-order valence-electron chi connectivity index (χ0n) is 20.2. The van der Waals surface area contributed by atoms with Gasteiger partial charge < -0.3 is 5.32 Å². The van der Waals surface area contributed by atoms with Gasteiger partial charge in [-0.3, -0.25) is 10.2 Å². The summed E-state index contributed by atoms with van der Waals surface area (Å²) in [7, 11) is 0. The van der Waals surface area contributed by atoms with Crippen molar-refractivity contribution in [1.29, 1.82) is 0 Å². The first-order valence-corrected chi connectivity index (χ1v) is 13.3. The van der Waals surface area contributed by atoms with Crippen LogP contribution in [-0.2, 0) is 0 Å². The van der Waals surface area contributed by atoms with Crippen molar-refractivity contribution in [2.75, 3.05) is 0 Å². The Morgan fingerprint density at radius 3 is 2.33 bits per heavy atom. The Labute approximate surface area is 205 Å². The normalized spacial score (nSPS) is 16.2. The highest BCUT2D eigenvalue weighted by Crippen LogP contribution is 2.29. The van der Waals surface area contributed by atoms with Crippen LogP contribution in [0, 0.1) is 0 Å². The summed E-state index contributed by atoms with van der Waals surface area (Å²) in [6, 6.07) is 15.5. The van der Waals surface area contributed by atoms with Gasteiger partial charge in [0, 0.05) is 24.4 Å². The highest BCUT2D eigenvalue weighted by Gasteiger charge is 2.19. The molecule has 1 saturated carbocycles. The van der Waals surface area contributed by atoms with Crippen LogP contribution in [0.15, 0.2) is 54.9 Å². The average Bonchev–Trinajstić information content (AvgIpc) is 2.86. The van der Waals surface area contributed by atoms with Crippen LogP contribution in [0.1, 0.15) is 101 Å². The molecule has 0 bridgehead atoms. The van der Waals surface area contributed by atoms with Crippen molar-refractivity contribution in [3.8, 4) is 0 Å². The van der Waals surface area contributed by atoms with E-state index in [9.17, 15) is 5.21 Å². The van der Waals surface area contributed by atoms with E-state index in [1.54, 1.807) is 0 Å². The first-order chi connectivity index (χ1) is 16.1. The Hall–Kier alpha value is -1.98. The van der Waals surface area contributed by atoms with Crippen molar-refractivity contribution in [2.24, 2.45) is 0 Å². The molecule has 1 aliphatic carbocycles. The number of pyridine rings is 1. The fraction of sp³-hybridized carbons (Fsp3) is 0.571. The molecule has 2 unspecified atom stereocenters. The van der Waals surface area contributed by atoms with Crippen LogP contribution in [0.4, 0.5) is 0 Å². The smallest absolute Gasteiger partial charge is 0.193 e. The van der Waals surface area contributed by atoms with E-state index in [1.807, 2.05) is 18.5 Å². The third-order valence-corrected chi connectivity index (χ3v) is 7.27. The Kier molecular flexibility index (Phi) is 11.1. The van der Waals surface area contributed by atoms with E-state index in [1.165, 1.54) is 61.1 Å². The molecule has 4 nitrogen and oxygen atoms in total. The van der Waals surface area contributed by atoms with Crippen LogP contribution < -0.4 is 5.32 Å². The van der Waals surface area contributed by atoms with Gasteiger partial charge in [0.2, 0.25) is 0 Å². The van der Waals surface area contributed by atoms with Crippen molar-refractivity contribution in [1.82, 2.24) is 15.4 Å². The molecule has 0 saturated heterocycles. The lowest BCUT2D eigenvalue weighted by Gasteiger charge is -2.30. The van der Waals surface area contributed by atoms with E-state index in [0.29, 0.717) is 17.1 Å². The summed E-state index contributed by atoms with van der Waals surface area (Å²) in [4.78, 5) is 4.34. The first-order valence-electron chi connectivity index (χ1n) is 12.9. The van der Waals surface area contributed by atoms with Crippen LogP contribution in [0.25, 0.3) is 0 Å². The largest absolute Gasteiger partial charge is 0.358 e. The van der Waals surface area contributed by atoms with Gasteiger partial charge in [-0.15, -0.1) is 0 Å². The van der Waals surface area contributed by atoms with Crippen LogP contribution in [0.2, 0.25) is 0 Å². The number of benzene rings is 1. The molecule has 2 aromatic rings. The van der Waals surface area contributed by atoms with Crippen LogP contribution >= 0.6 is 12.2 Å². The number of unbranched alkanes of at least 4 members (excludes halogenated alkanes) is 4. The molecule has 1 fully saturated rings. The minimum absolute atomic E-state index is 0.0571. The molecule has 180 valence electrons. The Balaban J connectivity index is 1.32. The molecule has 1 aromatic heterocycles. The standard InChI is InChI=1S/C28H41N3OS/c1-23(31(32)28(33)30-26-18-10-6-11-19-26)14-7-3-2-4-12-20-27(24-15-8-5-9-16-24)25-17-13-21-29-22-25/h5,8-9,13,15-17,21-23,26-27,32H,2-4,6-7,10-12,14,18-20H2,1H3,(H,30,33). The van der Waals surface area contributed by atoms with E-state index in [-0.39, 0.29) is 6.04 Å². The van der Waals surface area contributed by atoms with Crippen molar-refractivity contribution in [2.45, 2.75) is 102 Å². The van der Waals surface area contributed by atoms with E-state index >= 15 is 0 Å². The molecule has 0 aliphatic heterocycles. The number of hydrogen-bond donors (Lipinski definition) is 2. The summed E-state index contributed by atoms with van der Waals surface area (Å²) >= 11 is 5.44. The van der Waals surface area contributed by atoms with Gasteiger partial charge in [0.15, 0.2) is 5.11 Å². The Morgan fingerprint density at radius 1 is 0.970 bits per heavy atom. The van der Waals surface area contributed by atoms with Gasteiger partial charge in [0.05, 0.1) is 6.04 Å². The van der Waals surface area contributed by atoms with Crippen molar-refractivity contribution < 1.29 is 5.21 Å². The fourth-order valence-corrected chi connectivity index (χ4v) is 5.27. The minimum atomic E-state index is 0.0571. The van der Waals surface area contributed by atoms with Gasteiger partial charge in [0.25, 0.3) is 0 Å². The molecule has 1 heterocycles. The third kappa shape index (κ3) is 8.71. The number of thiocarbonyl (C=S) groups is 1. The second kappa shape index (κ2) is 14.3. The number of hydroxylamine groups is 2. The summed E-state index contributed by atoms with van der Waals surface area (Å²) < 4.78 is 0. The van der Waals surface area contributed by atoms with Crippen LogP contribution in [0.5, 0.6) is 0 Å². The Morgan fingerprint density at radius 2 is 1.64 bits per heavy atom. The van der Waals surface area contributed by atoms with Gasteiger partial charge in [-0.1, -0.05) is 87.8 Å². The summed E-state index contributed by atoms with van der Waals surface area (Å²) in [6.07, 6.45) is 18.1. The van der Waals surface area contributed by atoms with Crippen LogP contribution in [-0.4, -0.2) is 32.5 Å². The molecule has 5 heteroatoms. The molecule has 2 N–H and O–H groups in total. The van der Waals surface area contributed by atoms with E-state index in [0.717, 1.165) is 32.1 Å². The minimum Gasteiger partial charge on any atom is -0.358 e. The lowest BCUT2D eigenvalue weighted by molar-refractivity contribution is -0.0522. The van der Waals surface area contributed by atoms with E-state index in [2.05, 4.69) is 53.6 Å². The van der Waals surface area contributed by atoms with Gasteiger partial charge >= 0.3 is 0 Å². The maximum atomic E-state index is 10.5. The zero-order valence-corrected chi connectivity index (χ0v) is 21.0. The average molecular weight is 468 g/mol. The lowest BCUT2D eigenvalue weighted by Crippen LogP contribution is -2.47. The number of aromatic nitrogens is 1. The van der Waals surface area contributed by atoms with Gasteiger partial charge in [0.1, 0.15) is 0 Å². The monoisotopic (exact) mass is 467 g/mol. The predicted octanol–water partition coefficient (Wildman–Crippen LogP) is 7.23. The second-order valence-corrected chi connectivity index (χ2v) is 9.96. The molecule has 0 amide bonds. The molecule has 1 aromatic carbocycles. The quantitative estimate of drug-likeness (QED) is 0.196. The molecule has 0 radical (unpaired) electrons. The molecular formula is C28H41N3OS. The predicted molar refractivity (Wildman–Crippen MR) is 141 cm³/mol. The van der Waals surface area contributed by atoms with Gasteiger partial charge in [-0.25, -0.2) is 5.06 Å². The molecular weight excluding hydrogens is 426 g/mol. The highest BCUT2D eigenvalue weighted by molar-refractivity contribution is 7.80. The van der Waals surface area contributed by atoms with Crippen molar-refractivity contribution >= 4 is 17.3 Å². The molecule has 3 rings (SSSR count). The number of rotatable bonds is 12. The summed E-state index contributed by atoms with van der Waals surface area (Å²) in [6.45, 7) is 2.06. The molecule has 2 atom stereocenters. The Bertz CT molecular complexity index is 756. The summed E-state index contributed by atoms with van der Waals surface area (Å²) in [5.74, 6) is 0.417. The first kappa shape index (κ1) is 25.6. The fourth-order valence-electron chi connectivity index (χ4n) is 4.92. The number of nitrogens with one attached hydrogen (secondary N) is 1. The van der Waals surface area contributed by atoms with Crippen molar-refractivity contribution in [3.63, 3.8) is 0 Å². The third-order valence-electron chi connectivity index (χ3n) is 6.96. The van der Waals surface area contributed by atoms with E-state index < -0.39 is 0 Å². The SMILES string of the molecule is CC(CCCCCCCC(c1ccccc1)c1cccnc1)N(O)C(=S)NC1CCCCC1. The van der Waals surface area contributed by atoms with Gasteiger partial charge in [-0.2, -0.15) is 0 Å².